The quantitative estimate of drug-likeness (QED) is 0.551. The fourth-order valence-electron chi connectivity index (χ4n) is 3.12. The average molecular weight is 262 g/mol. The Kier molecular flexibility index (Phi) is 7.62. The first-order valence-electron chi connectivity index (χ1n) is 8.02. The Morgan fingerprint density at radius 2 is 1.68 bits per heavy atom. The van der Waals surface area contributed by atoms with Gasteiger partial charge in [-0.05, 0) is 29.9 Å². The number of rotatable bonds is 9. The van der Waals surface area contributed by atoms with E-state index in [1.54, 1.807) is 0 Å². The van der Waals surface area contributed by atoms with E-state index in [0.29, 0.717) is 17.6 Å². The molecule has 0 bridgehead atoms. The summed E-state index contributed by atoms with van der Waals surface area (Å²) in [6.45, 7) is 6.79. The molecule has 0 aliphatic carbocycles. The minimum Gasteiger partial charge on any atom is -0.508 e. The predicted octanol–water partition coefficient (Wildman–Crippen LogP) is 5.88. The molecular weight excluding hydrogens is 232 g/mol. The second kappa shape index (κ2) is 9.01. The van der Waals surface area contributed by atoms with Gasteiger partial charge in [-0.15, -0.1) is 0 Å². The van der Waals surface area contributed by atoms with Gasteiger partial charge in [0.15, 0.2) is 0 Å². The molecule has 1 nitrogen and oxygen atoms in total. The number of phenolic OH excluding ortho intramolecular Hbond substituents is 1. The number of aromatic hydroxyl groups is 1. The van der Waals surface area contributed by atoms with Crippen molar-refractivity contribution < 1.29 is 5.11 Å². The van der Waals surface area contributed by atoms with Crippen molar-refractivity contribution in [2.24, 2.45) is 5.92 Å². The van der Waals surface area contributed by atoms with Gasteiger partial charge in [0.2, 0.25) is 0 Å². The summed E-state index contributed by atoms with van der Waals surface area (Å²) in [7, 11) is 0. The molecule has 0 spiro atoms. The molecule has 19 heavy (non-hydrogen) atoms. The second-order valence-corrected chi connectivity index (χ2v) is 5.62. The van der Waals surface area contributed by atoms with Gasteiger partial charge in [-0.3, -0.25) is 0 Å². The van der Waals surface area contributed by atoms with Crippen molar-refractivity contribution in [3.05, 3.63) is 29.8 Å². The molecule has 1 aromatic rings. The maximum Gasteiger partial charge on any atom is 0.119 e. The van der Waals surface area contributed by atoms with Gasteiger partial charge in [0.05, 0.1) is 0 Å². The second-order valence-electron chi connectivity index (χ2n) is 5.62. The lowest BCUT2D eigenvalue weighted by Gasteiger charge is -2.27. The van der Waals surface area contributed by atoms with E-state index in [-0.39, 0.29) is 0 Å². The minimum atomic E-state index is 0.485. The standard InChI is InChI=1S/C18H30O/c1-4-7-8-12-16(15(6-3)11-5-2)17-13-9-10-14-18(17)19/h9-10,13-16,19H,4-8,11-12H2,1-3H3. The van der Waals surface area contributed by atoms with E-state index < -0.39 is 0 Å². The molecule has 0 fully saturated rings. The maximum absolute atomic E-state index is 10.2. The summed E-state index contributed by atoms with van der Waals surface area (Å²) in [5.41, 5.74) is 1.17. The fourth-order valence-corrected chi connectivity index (χ4v) is 3.12. The number of para-hydroxylation sites is 1. The van der Waals surface area contributed by atoms with Crippen molar-refractivity contribution in [3.8, 4) is 5.75 Å². The topological polar surface area (TPSA) is 20.2 Å². The lowest BCUT2D eigenvalue weighted by molar-refractivity contribution is 0.343. The summed E-state index contributed by atoms with van der Waals surface area (Å²) >= 11 is 0. The smallest absolute Gasteiger partial charge is 0.119 e. The molecule has 1 rings (SSSR count). The lowest BCUT2D eigenvalue weighted by atomic mass is 9.78. The van der Waals surface area contributed by atoms with Crippen LogP contribution in [0.1, 0.15) is 77.2 Å². The first-order valence-corrected chi connectivity index (χ1v) is 8.02. The van der Waals surface area contributed by atoms with Gasteiger partial charge in [0.25, 0.3) is 0 Å². The molecule has 2 unspecified atom stereocenters. The van der Waals surface area contributed by atoms with E-state index in [1.165, 1.54) is 50.5 Å². The van der Waals surface area contributed by atoms with E-state index in [2.05, 4.69) is 32.9 Å². The molecule has 0 heterocycles. The normalized spacial score (nSPS) is 14.3. The molecule has 0 aliphatic heterocycles. The van der Waals surface area contributed by atoms with Gasteiger partial charge >= 0.3 is 0 Å². The third-order valence-corrected chi connectivity index (χ3v) is 4.21. The molecule has 0 amide bonds. The molecule has 0 aliphatic rings. The van der Waals surface area contributed by atoms with Crippen molar-refractivity contribution in [1.82, 2.24) is 0 Å². The fraction of sp³-hybridized carbons (Fsp3) is 0.667. The zero-order chi connectivity index (χ0) is 14.1. The van der Waals surface area contributed by atoms with Gasteiger partial charge in [-0.2, -0.15) is 0 Å². The summed E-state index contributed by atoms with van der Waals surface area (Å²) in [6, 6.07) is 7.92. The summed E-state index contributed by atoms with van der Waals surface area (Å²) < 4.78 is 0. The first-order chi connectivity index (χ1) is 9.24. The van der Waals surface area contributed by atoms with E-state index >= 15 is 0 Å². The van der Waals surface area contributed by atoms with Crippen LogP contribution in [-0.2, 0) is 0 Å². The molecule has 0 aromatic heterocycles. The Morgan fingerprint density at radius 3 is 2.26 bits per heavy atom. The van der Waals surface area contributed by atoms with Crippen LogP contribution >= 0.6 is 0 Å². The van der Waals surface area contributed by atoms with E-state index in [1.807, 2.05) is 12.1 Å². The van der Waals surface area contributed by atoms with Crippen LogP contribution in [0.3, 0.4) is 0 Å². The summed E-state index contributed by atoms with van der Waals surface area (Å²) in [5.74, 6) is 1.71. The van der Waals surface area contributed by atoms with Crippen molar-refractivity contribution >= 4 is 0 Å². The van der Waals surface area contributed by atoms with Gasteiger partial charge in [-0.1, -0.05) is 77.5 Å². The monoisotopic (exact) mass is 262 g/mol. The van der Waals surface area contributed by atoms with Crippen LogP contribution < -0.4 is 0 Å². The maximum atomic E-state index is 10.2. The lowest BCUT2D eigenvalue weighted by Crippen LogP contribution is -2.13. The highest BCUT2D eigenvalue weighted by Gasteiger charge is 2.22. The molecule has 108 valence electrons. The van der Waals surface area contributed by atoms with Crippen LogP contribution in [0, 0.1) is 5.92 Å². The van der Waals surface area contributed by atoms with Crippen LogP contribution in [-0.4, -0.2) is 5.11 Å². The molecule has 0 radical (unpaired) electrons. The van der Waals surface area contributed by atoms with Crippen molar-refractivity contribution in [3.63, 3.8) is 0 Å². The molecule has 1 heteroatoms. The van der Waals surface area contributed by atoms with Crippen LogP contribution in [0.4, 0.5) is 0 Å². The Bertz CT molecular complexity index is 345. The zero-order valence-electron chi connectivity index (χ0n) is 12.9. The highest BCUT2D eigenvalue weighted by molar-refractivity contribution is 5.35. The highest BCUT2D eigenvalue weighted by atomic mass is 16.3. The van der Waals surface area contributed by atoms with Crippen molar-refractivity contribution in [2.45, 2.75) is 71.6 Å². The molecule has 1 N–H and O–H groups in total. The summed E-state index contributed by atoms with van der Waals surface area (Å²) in [6.07, 6.45) is 8.75. The third kappa shape index (κ3) is 4.89. The number of phenols is 1. The largest absolute Gasteiger partial charge is 0.508 e. The Hall–Kier alpha value is -0.980. The predicted molar refractivity (Wildman–Crippen MR) is 83.7 cm³/mol. The Balaban J connectivity index is 2.87. The number of unbranched alkanes of at least 4 members (excludes halogenated alkanes) is 2. The van der Waals surface area contributed by atoms with Gasteiger partial charge in [0.1, 0.15) is 5.75 Å². The SMILES string of the molecule is CCCCCC(c1ccccc1O)C(CC)CCC. The van der Waals surface area contributed by atoms with Gasteiger partial charge in [-0.25, -0.2) is 0 Å². The van der Waals surface area contributed by atoms with Gasteiger partial charge < -0.3 is 5.11 Å². The van der Waals surface area contributed by atoms with E-state index in [4.69, 9.17) is 0 Å². The minimum absolute atomic E-state index is 0.485. The average Bonchev–Trinajstić information content (AvgIpc) is 2.43. The van der Waals surface area contributed by atoms with E-state index in [9.17, 15) is 5.11 Å². The van der Waals surface area contributed by atoms with Crippen molar-refractivity contribution in [2.75, 3.05) is 0 Å². The number of benzene rings is 1. The van der Waals surface area contributed by atoms with Crippen LogP contribution in [0.25, 0.3) is 0 Å². The van der Waals surface area contributed by atoms with Gasteiger partial charge in [0, 0.05) is 0 Å². The summed E-state index contributed by atoms with van der Waals surface area (Å²) in [4.78, 5) is 0. The molecule has 2 atom stereocenters. The van der Waals surface area contributed by atoms with Crippen LogP contribution in [0.5, 0.6) is 5.75 Å². The molecule has 0 saturated carbocycles. The number of hydrogen-bond acceptors (Lipinski definition) is 1. The Morgan fingerprint density at radius 1 is 0.947 bits per heavy atom. The zero-order valence-corrected chi connectivity index (χ0v) is 12.9. The van der Waals surface area contributed by atoms with E-state index in [0.717, 1.165) is 0 Å². The van der Waals surface area contributed by atoms with Crippen LogP contribution in [0.2, 0.25) is 0 Å². The Labute approximate surface area is 119 Å². The summed E-state index contributed by atoms with van der Waals surface area (Å²) in [5, 5.41) is 10.2. The van der Waals surface area contributed by atoms with Crippen molar-refractivity contribution in [1.29, 1.82) is 0 Å². The molecule has 1 aromatic carbocycles. The third-order valence-electron chi connectivity index (χ3n) is 4.21. The molecule has 0 saturated heterocycles. The molecular formula is C18H30O. The highest BCUT2D eigenvalue weighted by Crippen LogP contribution is 2.38. The number of hydrogen-bond donors (Lipinski definition) is 1. The van der Waals surface area contributed by atoms with Crippen LogP contribution in [0.15, 0.2) is 24.3 Å². The first kappa shape index (κ1) is 16.1.